The molecule has 1 heterocycles. The molecule has 0 amide bonds. The van der Waals surface area contributed by atoms with Gasteiger partial charge >= 0.3 is 0 Å². The fraction of sp³-hybridized carbons (Fsp3) is 0.375. The SMILES string of the molecule is CCCCN(C)Cc1c(O)cc(C)c2c1O/C(=C\c1cccc(OC)c1OC)C2=O. The molecule has 0 fully saturated rings. The number of aromatic hydroxyl groups is 1. The molecule has 0 unspecified atom stereocenters. The van der Waals surface area contributed by atoms with Crippen LogP contribution < -0.4 is 14.2 Å². The number of Topliss-reactive ketones (excluding diaryl/α,β-unsaturated/α-hetero) is 1. The predicted octanol–water partition coefficient (Wildman–Crippen LogP) is 4.57. The van der Waals surface area contributed by atoms with E-state index < -0.39 is 0 Å². The number of allylic oxidation sites excluding steroid dienone is 1. The second-order valence-corrected chi connectivity index (χ2v) is 7.51. The molecule has 1 aliphatic heterocycles. The van der Waals surface area contributed by atoms with Crippen LogP contribution in [0.1, 0.15) is 46.8 Å². The number of para-hydroxylation sites is 1. The fourth-order valence-electron chi connectivity index (χ4n) is 3.68. The van der Waals surface area contributed by atoms with Gasteiger partial charge in [0.05, 0.1) is 25.3 Å². The van der Waals surface area contributed by atoms with Gasteiger partial charge in [0.15, 0.2) is 17.3 Å². The highest BCUT2D eigenvalue weighted by Crippen LogP contribution is 2.43. The van der Waals surface area contributed by atoms with E-state index in [0.29, 0.717) is 46.0 Å². The first-order valence-corrected chi connectivity index (χ1v) is 10.1. The summed E-state index contributed by atoms with van der Waals surface area (Å²) in [4.78, 5) is 15.3. The van der Waals surface area contributed by atoms with Crippen molar-refractivity contribution in [1.82, 2.24) is 4.90 Å². The zero-order valence-electron chi connectivity index (χ0n) is 18.2. The number of nitrogens with zero attached hydrogens (tertiary/aromatic N) is 1. The lowest BCUT2D eigenvalue weighted by molar-refractivity contribution is 0.101. The molecule has 1 N–H and O–H groups in total. The van der Waals surface area contributed by atoms with Crippen molar-refractivity contribution in [3.63, 3.8) is 0 Å². The summed E-state index contributed by atoms with van der Waals surface area (Å²) < 4.78 is 16.8. The predicted molar refractivity (Wildman–Crippen MR) is 117 cm³/mol. The van der Waals surface area contributed by atoms with E-state index in [2.05, 4.69) is 11.8 Å². The lowest BCUT2D eigenvalue weighted by Crippen LogP contribution is -2.19. The highest BCUT2D eigenvalue weighted by Gasteiger charge is 2.33. The summed E-state index contributed by atoms with van der Waals surface area (Å²) in [6.07, 6.45) is 3.81. The minimum Gasteiger partial charge on any atom is -0.507 e. The Labute approximate surface area is 177 Å². The molecule has 30 heavy (non-hydrogen) atoms. The number of carbonyl (C=O) groups is 1. The van der Waals surface area contributed by atoms with E-state index in [1.54, 1.807) is 39.4 Å². The molecule has 6 nitrogen and oxygen atoms in total. The highest BCUT2D eigenvalue weighted by molar-refractivity contribution is 6.16. The Balaban J connectivity index is 2.01. The van der Waals surface area contributed by atoms with Gasteiger partial charge in [-0.3, -0.25) is 4.79 Å². The van der Waals surface area contributed by atoms with Gasteiger partial charge < -0.3 is 24.2 Å². The van der Waals surface area contributed by atoms with E-state index in [1.165, 1.54) is 0 Å². The number of phenolic OH excluding ortho intramolecular Hbond substituents is 1. The zero-order chi connectivity index (χ0) is 21.8. The van der Waals surface area contributed by atoms with Crippen LogP contribution >= 0.6 is 0 Å². The third kappa shape index (κ3) is 4.14. The van der Waals surface area contributed by atoms with Crippen molar-refractivity contribution in [2.75, 3.05) is 27.8 Å². The molecule has 6 heteroatoms. The molecule has 0 aliphatic carbocycles. The van der Waals surface area contributed by atoms with Gasteiger partial charge in [-0.1, -0.05) is 25.5 Å². The van der Waals surface area contributed by atoms with Crippen molar-refractivity contribution in [2.45, 2.75) is 33.2 Å². The molecule has 0 bridgehead atoms. The van der Waals surface area contributed by atoms with Crippen LogP contribution in [-0.2, 0) is 6.54 Å². The van der Waals surface area contributed by atoms with E-state index in [1.807, 2.05) is 19.2 Å². The second kappa shape index (κ2) is 9.22. The molecule has 2 aromatic carbocycles. The second-order valence-electron chi connectivity index (χ2n) is 7.51. The highest BCUT2D eigenvalue weighted by atomic mass is 16.5. The number of hydrogen-bond acceptors (Lipinski definition) is 6. The van der Waals surface area contributed by atoms with E-state index in [-0.39, 0.29) is 17.3 Å². The Bertz CT molecular complexity index is 980. The van der Waals surface area contributed by atoms with Crippen LogP contribution in [0, 0.1) is 6.92 Å². The van der Waals surface area contributed by atoms with E-state index in [0.717, 1.165) is 19.4 Å². The molecule has 0 atom stereocenters. The van der Waals surface area contributed by atoms with Crippen LogP contribution in [0.4, 0.5) is 0 Å². The number of unbranched alkanes of at least 4 members (excludes halogenated alkanes) is 1. The Morgan fingerprint density at radius 1 is 1.23 bits per heavy atom. The third-order valence-electron chi connectivity index (χ3n) is 5.26. The topological polar surface area (TPSA) is 68.2 Å². The zero-order valence-corrected chi connectivity index (χ0v) is 18.2. The minimum absolute atomic E-state index is 0.141. The summed E-state index contributed by atoms with van der Waals surface area (Å²) in [6, 6.07) is 7.08. The summed E-state index contributed by atoms with van der Waals surface area (Å²) in [5.74, 6) is 1.67. The largest absolute Gasteiger partial charge is 0.507 e. The van der Waals surface area contributed by atoms with E-state index in [9.17, 15) is 9.90 Å². The van der Waals surface area contributed by atoms with Crippen LogP contribution in [0.5, 0.6) is 23.0 Å². The average Bonchev–Trinajstić information content (AvgIpc) is 3.05. The van der Waals surface area contributed by atoms with Crippen molar-refractivity contribution < 1.29 is 24.1 Å². The first kappa shape index (κ1) is 21.7. The van der Waals surface area contributed by atoms with Gasteiger partial charge in [0.2, 0.25) is 5.78 Å². The first-order chi connectivity index (χ1) is 14.4. The van der Waals surface area contributed by atoms with Crippen LogP contribution in [0.25, 0.3) is 6.08 Å². The lowest BCUT2D eigenvalue weighted by Gasteiger charge is -2.19. The van der Waals surface area contributed by atoms with Crippen molar-refractivity contribution in [3.05, 3.63) is 52.3 Å². The Morgan fingerprint density at radius 2 is 2.00 bits per heavy atom. The molecule has 0 spiro atoms. The normalized spacial score (nSPS) is 14.2. The Kier molecular flexibility index (Phi) is 6.67. The van der Waals surface area contributed by atoms with E-state index in [4.69, 9.17) is 14.2 Å². The molecule has 2 aromatic rings. The van der Waals surface area contributed by atoms with Gasteiger partial charge in [-0.2, -0.15) is 0 Å². The maximum Gasteiger partial charge on any atom is 0.232 e. The quantitative estimate of drug-likeness (QED) is 0.642. The van der Waals surface area contributed by atoms with Crippen molar-refractivity contribution >= 4 is 11.9 Å². The van der Waals surface area contributed by atoms with Crippen LogP contribution in [0.3, 0.4) is 0 Å². The van der Waals surface area contributed by atoms with Crippen molar-refractivity contribution in [2.24, 2.45) is 0 Å². The summed E-state index contributed by atoms with van der Waals surface area (Å²) in [6.45, 7) is 5.34. The Morgan fingerprint density at radius 3 is 2.67 bits per heavy atom. The molecular formula is C24H29NO5. The summed E-state index contributed by atoms with van der Waals surface area (Å²) >= 11 is 0. The van der Waals surface area contributed by atoms with Gasteiger partial charge in [0.1, 0.15) is 11.5 Å². The summed E-state index contributed by atoms with van der Waals surface area (Å²) in [5, 5.41) is 10.6. The van der Waals surface area contributed by atoms with Gasteiger partial charge in [-0.25, -0.2) is 0 Å². The number of aryl methyl sites for hydroxylation is 1. The number of ketones is 1. The van der Waals surface area contributed by atoms with Gasteiger partial charge in [0.25, 0.3) is 0 Å². The molecule has 0 radical (unpaired) electrons. The first-order valence-electron chi connectivity index (χ1n) is 10.1. The number of ether oxygens (including phenoxy) is 3. The van der Waals surface area contributed by atoms with E-state index >= 15 is 0 Å². The molecule has 0 aromatic heterocycles. The summed E-state index contributed by atoms with van der Waals surface area (Å²) in [5.41, 5.74) is 2.49. The van der Waals surface area contributed by atoms with Gasteiger partial charge in [0, 0.05) is 12.1 Å². The van der Waals surface area contributed by atoms with Crippen LogP contribution in [-0.4, -0.2) is 43.6 Å². The number of phenols is 1. The molecule has 3 rings (SSSR count). The number of carbonyl (C=O) groups excluding carboxylic acids is 1. The fourth-order valence-corrected chi connectivity index (χ4v) is 3.68. The maximum atomic E-state index is 13.1. The number of rotatable bonds is 8. The summed E-state index contributed by atoms with van der Waals surface area (Å²) in [7, 11) is 5.11. The average molecular weight is 411 g/mol. The number of benzene rings is 2. The molecule has 0 saturated heterocycles. The van der Waals surface area contributed by atoms with Gasteiger partial charge in [-0.05, 0) is 50.7 Å². The van der Waals surface area contributed by atoms with Gasteiger partial charge in [-0.15, -0.1) is 0 Å². The smallest absolute Gasteiger partial charge is 0.232 e. The molecule has 1 aliphatic rings. The number of fused-ring (bicyclic) bond motifs is 1. The molecular weight excluding hydrogens is 382 g/mol. The van der Waals surface area contributed by atoms with Crippen molar-refractivity contribution in [3.8, 4) is 23.0 Å². The maximum absolute atomic E-state index is 13.1. The van der Waals surface area contributed by atoms with Crippen LogP contribution in [0.15, 0.2) is 30.0 Å². The molecule has 160 valence electrons. The number of methoxy groups -OCH3 is 2. The standard InChI is InChI=1S/C24H29NO5/c1-6-7-11-25(3)14-17-18(26)12-15(2)21-22(27)20(30-24(17)21)13-16-9-8-10-19(28-4)23(16)29-5/h8-10,12-13,26H,6-7,11,14H2,1-5H3/b20-13-. The third-order valence-corrected chi connectivity index (χ3v) is 5.26. The van der Waals surface area contributed by atoms with Crippen molar-refractivity contribution in [1.29, 1.82) is 0 Å². The minimum atomic E-state index is -0.204. The molecule has 0 saturated carbocycles. The lowest BCUT2D eigenvalue weighted by atomic mass is 9.99. The number of hydrogen-bond donors (Lipinski definition) is 1. The Hall–Kier alpha value is -2.99. The van der Waals surface area contributed by atoms with Crippen LogP contribution in [0.2, 0.25) is 0 Å². The monoisotopic (exact) mass is 411 g/mol.